The zero-order chi connectivity index (χ0) is 20.6. The number of aliphatic imine (C=N–C) groups is 1. The predicted molar refractivity (Wildman–Crippen MR) is 111 cm³/mol. The molecule has 0 bridgehead atoms. The van der Waals surface area contributed by atoms with Gasteiger partial charge in [-0.15, -0.1) is 0 Å². The van der Waals surface area contributed by atoms with E-state index in [1.807, 2.05) is 20.8 Å². The van der Waals surface area contributed by atoms with Gasteiger partial charge in [0.25, 0.3) is 0 Å². The monoisotopic (exact) mass is 406 g/mol. The average molecular weight is 407 g/mol. The van der Waals surface area contributed by atoms with Gasteiger partial charge in [0.1, 0.15) is 5.76 Å². The summed E-state index contributed by atoms with van der Waals surface area (Å²) in [6.45, 7) is 6.54. The van der Waals surface area contributed by atoms with Crippen LogP contribution in [0.1, 0.15) is 44.2 Å². The van der Waals surface area contributed by atoms with Gasteiger partial charge < -0.3 is 15.2 Å². The van der Waals surface area contributed by atoms with Gasteiger partial charge in [-0.05, 0) is 25.0 Å². The van der Waals surface area contributed by atoms with Crippen LogP contribution in [-0.2, 0) is 29.2 Å². The van der Waals surface area contributed by atoms with Crippen LogP contribution >= 0.6 is 0 Å². The number of hydrogen-bond acceptors (Lipinski definition) is 5. The molecule has 2 N–H and O–H groups in total. The van der Waals surface area contributed by atoms with Crippen molar-refractivity contribution in [2.24, 2.45) is 4.99 Å². The lowest BCUT2D eigenvalue weighted by atomic mass is 10.1. The minimum Gasteiger partial charge on any atom is -0.361 e. The van der Waals surface area contributed by atoms with Gasteiger partial charge in [0, 0.05) is 31.6 Å². The molecule has 0 aliphatic carbocycles. The van der Waals surface area contributed by atoms with Crippen molar-refractivity contribution in [3.8, 4) is 0 Å². The summed E-state index contributed by atoms with van der Waals surface area (Å²) in [6, 6.07) is 8.27. The molecule has 28 heavy (non-hydrogen) atoms. The molecule has 2 aromatic rings. The van der Waals surface area contributed by atoms with Gasteiger partial charge in [-0.1, -0.05) is 44.1 Å². The molecule has 0 saturated heterocycles. The number of nitrogens with zero attached hydrogens (tertiary/aromatic N) is 2. The number of guanidine groups is 1. The first kappa shape index (κ1) is 21.9. The molecule has 0 fully saturated rings. The van der Waals surface area contributed by atoms with E-state index in [-0.39, 0.29) is 11.8 Å². The summed E-state index contributed by atoms with van der Waals surface area (Å²) in [6.07, 6.45) is 2.21. The number of hydrogen-bond donors (Lipinski definition) is 2. The Bertz CT molecular complexity index is 855. The fraction of sp³-hybridized carbons (Fsp3) is 0.500. The fourth-order valence-corrected chi connectivity index (χ4v) is 4.56. The zero-order valence-electron chi connectivity index (χ0n) is 17.0. The van der Waals surface area contributed by atoms with Crippen LogP contribution in [0.4, 0.5) is 0 Å². The summed E-state index contributed by atoms with van der Waals surface area (Å²) in [5.41, 5.74) is 1.97. The average Bonchev–Trinajstić information content (AvgIpc) is 3.12. The Labute approximate surface area is 167 Å². The molecule has 154 valence electrons. The molecule has 0 radical (unpaired) electrons. The molecule has 0 spiro atoms. The minimum absolute atomic E-state index is 0.00188. The molecule has 1 aromatic heterocycles. The van der Waals surface area contributed by atoms with Crippen molar-refractivity contribution in [3.63, 3.8) is 0 Å². The minimum atomic E-state index is -3.38. The summed E-state index contributed by atoms with van der Waals surface area (Å²) < 4.78 is 30.7. The molecule has 0 aliphatic heterocycles. The third kappa shape index (κ3) is 5.58. The van der Waals surface area contributed by atoms with Gasteiger partial charge in [-0.2, -0.15) is 0 Å². The SMILES string of the molecule is CCc1noc(CC)c1CNC(=NC)NC(CC)CS(=O)(=O)c1ccccc1. The normalized spacial score (nSPS) is 13.4. The summed E-state index contributed by atoms with van der Waals surface area (Å²) in [5.74, 6) is 1.42. The zero-order valence-corrected chi connectivity index (χ0v) is 17.8. The number of rotatable bonds is 9. The number of benzene rings is 1. The van der Waals surface area contributed by atoms with Crippen molar-refractivity contribution in [2.45, 2.75) is 57.5 Å². The van der Waals surface area contributed by atoms with Gasteiger partial charge in [0.05, 0.1) is 16.3 Å². The maximum atomic E-state index is 12.7. The van der Waals surface area contributed by atoms with Crippen molar-refractivity contribution < 1.29 is 12.9 Å². The van der Waals surface area contributed by atoms with E-state index in [0.29, 0.717) is 23.8 Å². The second-order valence-corrected chi connectivity index (χ2v) is 8.54. The number of aromatic nitrogens is 1. The second-order valence-electron chi connectivity index (χ2n) is 6.51. The first-order valence-corrected chi connectivity index (χ1v) is 11.3. The molecule has 1 unspecified atom stereocenters. The van der Waals surface area contributed by atoms with Crippen molar-refractivity contribution in [1.29, 1.82) is 0 Å². The Morgan fingerprint density at radius 1 is 1.18 bits per heavy atom. The van der Waals surface area contributed by atoms with Crippen molar-refractivity contribution >= 4 is 15.8 Å². The topological polar surface area (TPSA) is 96.6 Å². The standard InChI is InChI=1S/C20H30N4O3S/c1-5-15(14-28(25,26)16-11-9-8-10-12-16)23-20(21-4)22-13-17-18(6-2)24-27-19(17)7-3/h8-12,15H,5-7,13-14H2,1-4H3,(H2,21,22,23). The van der Waals surface area contributed by atoms with Gasteiger partial charge in [-0.25, -0.2) is 8.42 Å². The van der Waals surface area contributed by atoms with Crippen LogP contribution in [0.15, 0.2) is 44.7 Å². The van der Waals surface area contributed by atoms with E-state index < -0.39 is 9.84 Å². The maximum absolute atomic E-state index is 12.7. The molecule has 8 heteroatoms. The number of aryl methyl sites for hydroxylation is 2. The van der Waals surface area contributed by atoms with Crippen LogP contribution in [-0.4, -0.2) is 38.4 Å². The van der Waals surface area contributed by atoms with E-state index in [9.17, 15) is 8.42 Å². The Morgan fingerprint density at radius 3 is 2.46 bits per heavy atom. The molecular formula is C20H30N4O3S. The molecule has 0 aliphatic rings. The van der Waals surface area contributed by atoms with Gasteiger partial charge in [0.15, 0.2) is 15.8 Å². The largest absolute Gasteiger partial charge is 0.361 e. The van der Waals surface area contributed by atoms with E-state index in [0.717, 1.165) is 29.9 Å². The highest BCUT2D eigenvalue weighted by molar-refractivity contribution is 7.91. The molecular weight excluding hydrogens is 376 g/mol. The van der Waals surface area contributed by atoms with E-state index in [4.69, 9.17) is 4.52 Å². The lowest BCUT2D eigenvalue weighted by Gasteiger charge is -2.20. The molecule has 7 nitrogen and oxygen atoms in total. The predicted octanol–water partition coefficient (Wildman–Crippen LogP) is 2.72. The van der Waals surface area contributed by atoms with Gasteiger partial charge in [0.2, 0.25) is 0 Å². The summed E-state index contributed by atoms with van der Waals surface area (Å²) in [7, 11) is -1.71. The second kappa shape index (κ2) is 10.3. The Kier molecular flexibility index (Phi) is 8.04. The summed E-state index contributed by atoms with van der Waals surface area (Å²) in [4.78, 5) is 4.57. The van der Waals surface area contributed by atoms with Crippen LogP contribution in [0.25, 0.3) is 0 Å². The first-order chi connectivity index (χ1) is 13.4. The summed E-state index contributed by atoms with van der Waals surface area (Å²) in [5, 5.41) is 10.6. The van der Waals surface area contributed by atoms with Crippen molar-refractivity contribution in [2.75, 3.05) is 12.8 Å². The molecule has 2 rings (SSSR count). The van der Waals surface area contributed by atoms with Gasteiger partial charge in [-0.3, -0.25) is 4.99 Å². The van der Waals surface area contributed by atoms with Crippen LogP contribution in [0, 0.1) is 0 Å². The number of sulfone groups is 1. The van der Waals surface area contributed by atoms with Crippen LogP contribution < -0.4 is 10.6 Å². The van der Waals surface area contributed by atoms with Crippen LogP contribution in [0.3, 0.4) is 0 Å². The molecule has 0 amide bonds. The Morgan fingerprint density at radius 2 is 1.89 bits per heavy atom. The third-order valence-corrected chi connectivity index (χ3v) is 6.45. The molecule has 1 atom stereocenters. The first-order valence-electron chi connectivity index (χ1n) is 9.66. The summed E-state index contributed by atoms with van der Waals surface area (Å²) >= 11 is 0. The quantitative estimate of drug-likeness (QED) is 0.491. The lowest BCUT2D eigenvalue weighted by Crippen LogP contribution is -2.45. The highest BCUT2D eigenvalue weighted by Crippen LogP contribution is 2.16. The Balaban J connectivity index is 2.04. The van der Waals surface area contributed by atoms with E-state index in [1.165, 1.54) is 0 Å². The lowest BCUT2D eigenvalue weighted by molar-refractivity contribution is 0.380. The van der Waals surface area contributed by atoms with E-state index in [1.54, 1.807) is 37.4 Å². The van der Waals surface area contributed by atoms with Crippen LogP contribution in [0.2, 0.25) is 0 Å². The van der Waals surface area contributed by atoms with Crippen molar-refractivity contribution in [1.82, 2.24) is 15.8 Å². The third-order valence-electron chi connectivity index (χ3n) is 4.62. The highest BCUT2D eigenvalue weighted by atomic mass is 32.2. The van der Waals surface area contributed by atoms with Crippen LogP contribution in [0.5, 0.6) is 0 Å². The molecule has 1 heterocycles. The number of nitrogens with one attached hydrogen (secondary N) is 2. The van der Waals surface area contributed by atoms with E-state index in [2.05, 4.69) is 20.8 Å². The Hall–Kier alpha value is -2.35. The molecule has 0 saturated carbocycles. The maximum Gasteiger partial charge on any atom is 0.191 e. The smallest absolute Gasteiger partial charge is 0.191 e. The van der Waals surface area contributed by atoms with Gasteiger partial charge >= 0.3 is 0 Å². The fourth-order valence-electron chi connectivity index (χ4n) is 2.95. The van der Waals surface area contributed by atoms with E-state index >= 15 is 0 Å². The molecule has 1 aromatic carbocycles. The highest BCUT2D eigenvalue weighted by Gasteiger charge is 2.21. The van der Waals surface area contributed by atoms with Crippen molar-refractivity contribution in [3.05, 3.63) is 47.3 Å².